The number of anilines is 5. The summed E-state index contributed by atoms with van der Waals surface area (Å²) in [6.07, 6.45) is 5.39. The summed E-state index contributed by atoms with van der Waals surface area (Å²) in [5.74, 6) is -2.63. The van der Waals surface area contributed by atoms with Gasteiger partial charge in [-0.2, -0.15) is 29.8 Å². The summed E-state index contributed by atoms with van der Waals surface area (Å²) in [4.78, 5) is 171. The number of aromatic amines is 3. The number of aliphatic hydroxyl groups excluding tert-OH is 2. The Kier molecular flexibility index (Phi) is 66.1. The van der Waals surface area contributed by atoms with Gasteiger partial charge in [0, 0.05) is 220 Å². The lowest BCUT2D eigenvalue weighted by Crippen LogP contribution is -2.46. The monoisotopic (exact) mass is 2130 g/mol. The lowest BCUT2D eigenvalue weighted by Gasteiger charge is -2.22. The highest BCUT2D eigenvalue weighted by atomic mass is 32.2. The number of nitrogens with one attached hydrogen (secondary N) is 21. The third-order valence-corrected chi connectivity index (χ3v) is 21.2. The van der Waals surface area contributed by atoms with Crippen LogP contribution in [0.2, 0.25) is 0 Å². The molecule has 4 aliphatic heterocycles. The van der Waals surface area contributed by atoms with Gasteiger partial charge in [-0.15, -0.1) is 19.7 Å². The van der Waals surface area contributed by atoms with Crippen molar-refractivity contribution in [3.05, 3.63) is 95.2 Å². The van der Waals surface area contributed by atoms with Crippen LogP contribution in [-0.2, 0) is 50.9 Å². The van der Waals surface area contributed by atoms with Crippen LogP contribution in [0.15, 0.2) is 86.2 Å². The Morgan fingerprint density at radius 1 is 0.527 bits per heavy atom. The number of imide groups is 3. The van der Waals surface area contributed by atoms with Crippen molar-refractivity contribution in [1.82, 2.24) is 186 Å². The molecule has 2 fully saturated rings. The third-order valence-electron chi connectivity index (χ3n) is 19.4. The topological polar surface area (TPSA) is 796 Å². The Bertz CT molecular complexity index is 5150. The van der Waals surface area contributed by atoms with Gasteiger partial charge in [0.1, 0.15) is 29.3 Å². The minimum Gasteiger partial charge on any atom is -0.504 e. The summed E-state index contributed by atoms with van der Waals surface area (Å²) >= 11 is 4.18. The van der Waals surface area contributed by atoms with E-state index in [-0.39, 0.29) is 80.4 Å². The first-order chi connectivity index (χ1) is 69.5. The first kappa shape index (κ1) is 130. The molecule has 146 heavy (non-hydrogen) atoms. The molecule has 0 radical (unpaired) electrons. The molecule has 0 bridgehead atoms. The van der Waals surface area contributed by atoms with E-state index in [1.54, 1.807) is 95.0 Å². The van der Waals surface area contributed by atoms with Crippen LogP contribution >= 0.6 is 24.0 Å². The predicted octanol–water partition coefficient (Wildman–Crippen LogP) is -9.26. The van der Waals surface area contributed by atoms with E-state index in [1.807, 2.05) is 109 Å². The van der Waals surface area contributed by atoms with Gasteiger partial charge in [-0.3, -0.25) is 79.0 Å². The molecule has 25 N–H and O–H groups in total. The average Bonchev–Trinajstić information content (AvgIpc) is 1.01. The molecule has 3 unspecified atom stereocenters. The van der Waals surface area contributed by atoms with Gasteiger partial charge in [-0.05, 0) is 121 Å². The van der Waals surface area contributed by atoms with Gasteiger partial charge in [0.05, 0.1) is 12.2 Å². The summed E-state index contributed by atoms with van der Waals surface area (Å²) < 4.78 is 33.3. The zero-order chi connectivity index (χ0) is 110. The molecule has 5 aromatic heterocycles. The Morgan fingerprint density at radius 2 is 1.03 bits per heavy atom. The molecule has 1 aliphatic carbocycles. The fourth-order valence-electron chi connectivity index (χ4n) is 10.7. The number of aromatic nitrogens is 12. The minimum atomic E-state index is -1.56. The molecular weight excluding hydrogens is 1990 g/mol. The second-order valence-electron chi connectivity index (χ2n) is 30.7. The summed E-state index contributed by atoms with van der Waals surface area (Å²) in [5, 5.41) is 115. The van der Waals surface area contributed by atoms with E-state index in [9.17, 15) is 76.8 Å². The van der Waals surface area contributed by atoms with Gasteiger partial charge in [0.15, 0.2) is 41.3 Å². The quantitative estimate of drug-likeness (QED) is 0.00555. The normalized spacial score (nSPS) is 14.4. The molecule has 820 valence electrons. The molecule has 2 saturated heterocycles. The zero-order valence-corrected chi connectivity index (χ0v) is 88.5. The maximum Gasteiger partial charge on any atom is 0.324 e. The number of nitrogens with zero attached hydrogens (tertiary/aromatic N) is 21. The Hall–Kier alpha value is -13.8. The van der Waals surface area contributed by atoms with Gasteiger partial charge >= 0.3 is 40.2 Å². The summed E-state index contributed by atoms with van der Waals surface area (Å²) in [6, 6.07) is -0.289. The smallest absolute Gasteiger partial charge is 0.324 e. The van der Waals surface area contributed by atoms with E-state index in [1.165, 1.54) is 28.5 Å². The molecule has 64 nitrogen and oxygen atoms in total. The maximum absolute atomic E-state index is 11.5. The van der Waals surface area contributed by atoms with Crippen LogP contribution in [0.1, 0.15) is 5.82 Å². The zero-order valence-electron chi connectivity index (χ0n) is 86.1. The Morgan fingerprint density at radius 3 is 1.50 bits per heavy atom. The number of urea groups is 3. The van der Waals surface area contributed by atoms with E-state index in [4.69, 9.17) is 35.9 Å². The van der Waals surface area contributed by atoms with Crippen molar-refractivity contribution in [2.75, 3.05) is 324 Å². The number of guanidine groups is 1. The van der Waals surface area contributed by atoms with Crippen LogP contribution in [0.25, 0.3) is 0 Å². The molecule has 6 aromatic rings. The number of amides is 11. The summed E-state index contributed by atoms with van der Waals surface area (Å²) in [5.41, 5.74) is 1.42. The van der Waals surface area contributed by atoms with Gasteiger partial charge in [0.2, 0.25) is 34.6 Å². The highest BCUT2D eigenvalue weighted by molar-refractivity contribution is 8.15. The van der Waals surface area contributed by atoms with Crippen molar-refractivity contribution in [1.29, 1.82) is 0 Å². The number of rotatable bonds is 44. The lowest BCUT2D eigenvalue weighted by molar-refractivity contribution is -0.126. The number of aliphatic hydroxyl groups is 2. The van der Waals surface area contributed by atoms with Crippen LogP contribution < -0.4 is 132 Å². The number of H-pyrrole nitrogens is 3. The van der Waals surface area contributed by atoms with E-state index in [0.717, 1.165) is 103 Å². The molecule has 5 aliphatic rings. The average molecular weight is 2130 g/mol. The molecule has 0 spiro atoms. The van der Waals surface area contributed by atoms with Crippen molar-refractivity contribution in [2.24, 2.45) is 4.40 Å². The summed E-state index contributed by atoms with van der Waals surface area (Å²) in [6.45, 7) is 16.4. The molecular formula is C79H144N42O22S3. The van der Waals surface area contributed by atoms with E-state index < -0.39 is 74.6 Å². The van der Waals surface area contributed by atoms with E-state index in [2.05, 4.69) is 161 Å². The Labute approximate surface area is 854 Å². The number of aromatic hydroxyl groups is 2. The molecule has 11 amide bonds. The lowest BCUT2D eigenvalue weighted by atomic mass is 10.1. The summed E-state index contributed by atoms with van der Waals surface area (Å²) in [7, 11) is 39.7. The minimum absolute atomic E-state index is 0.0326. The first-order valence-electron chi connectivity index (χ1n) is 44.6. The van der Waals surface area contributed by atoms with E-state index >= 15 is 0 Å². The number of hydrogen-bond donors (Lipinski definition) is 25. The highest BCUT2D eigenvalue weighted by Gasteiger charge is 2.36. The number of carbonyl (C=O) groups is 10. The number of tetrazole rings is 2. The maximum atomic E-state index is 11.5. The van der Waals surface area contributed by atoms with Crippen LogP contribution in [-0.4, -0.2) is 496 Å². The third kappa shape index (κ3) is 50.1. The first-order valence-corrected chi connectivity index (χ1v) is 47.0. The number of hydroxylamine groups is 1. The molecule has 3 atom stereocenters. The Balaban J connectivity index is 0.000000804. The largest absolute Gasteiger partial charge is 0.504 e. The number of ketones is 2. The van der Waals surface area contributed by atoms with Crippen LogP contribution in [0, 0.1) is 4.84 Å². The van der Waals surface area contributed by atoms with Gasteiger partial charge in [-0.25, -0.2) is 24.1 Å². The predicted molar refractivity (Wildman–Crippen MR) is 547 cm³/mol. The molecule has 9 heterocycles. The van der Waals surface area contributed by atoms with E-state index in [0.29, 0.717) is 94.9 Å². The van der Waals surface area contributed by atoms with Crippen molar-refractivity contribution in [2.45, 2.75) is 18.1 Å². The fraction of sp³-hybridized carbons (Fsp3) is 0.595. The number of thioether (sulfide) groups is 1. The second kappa shape index (κ2) is 74.1. The second-order valence-corrected chi connectivity index (χ2v) is 32.9. The molecule has 67 heteroatoms. The standard InChI is InChI=1S/C10H14N2O3.C9H14N2O3.C8H13N3O3.C8H12N2O3.C7H15N7O.C7H14N4O2.C7H13N3O2S.C6H13N7O.C6H12N4OS.C6H12N4O.C5H12N4O2S/c1-11-3-4-12(2)8-5-7(13)6-9(14)10(8)15;1-10-3-4-11(2)7-5-14-6-8(12)9(7)13;1-9-3-4-11(2)5-6(12)8(14)10-7(5)13;1-9-3-4-10(2)5-6(11)8(13)7(5)12;1-8-3-4-14(2)7(15)9-5-6-10-12-13-11-6;1-8-3-4-11(2)5-6(12)10-7(13)9-5;1-8-3-4-10(2)6-5(11)9-7(12)13-6;1-7-3-4-13(2)6(14)8-5-9-11-12-10-5;1-7-3-4-10(2)5-8-6(12)11-9-5;1-7-3-4-10(2)6-8-5-9-11-6;1-6-3-4-9(2)5-7-11-12(10)8-5/h5-6,11,14H,3-4H2,1-2H3;5-6,10,12H,3-4H2,1-2H3;9H,3-4H2,1-2H3,(H2,10,12,13,14);9,11H,3-4H2,1-2H3;8H,3-5H2,1-2H3,(H,9,15)(H,10,11,12,13);5,8H,3-4H2,1-2H3,(H2,9,10,12,13);6,8H,3-4H2,1-2H3,(H,9,11,12);7H,3-4H2,1-2H3,(H2,8,9,10,11,12,14);7H,3-4H2,1-2H3,(H,8,9,12);5,7H,3-4H2,1-2H3;6H,3-4H2,1-2H3,(H,7,8). The molecule has 11 rings (SSSR count). The van der Waals surface area contributed by atoms with Crippen molar-refractivity contribution < 1.29 is 90.3 Å². The van der Waals surface area contributed by atoms with Crippen molar-refractivity contribution >= 4 is 129 Å². The van der Waals surface area contributed by atoms with Gasteiger partial charge in [0.25, 0.3) is 45.7 Å². The number of Topliss-reactive ketones (excluding diaryl/α,β-unsaturated/α-hetero) is 1. The number of carbonyl (C=O) groups excluding carboxylic acids is 10. The van der Waals surface area contributed by atoms with Crippen molar-refractivity contribution in [3.63, 3.8) is 0 Å². The van der Waals surface area contributed by atoms with Gasteiger partial charge < -0.3 is 147 Å². The van der Waals surface area contributed by atoms with Crippen LogP contribution in [0.3, 0.4) is 0 Å². The number of allylic oxidation sites excluding steroid dienone is 2. The SMILES string of the molecule is CNCCN(C)C(=O)NCc1nn[nH]n1.CNCCN(C)C(=O)Nc1nn[nH]n1.CNCCN(C)C1=C(O)C(=O)NC1=O.CNCCN(C)C1=CC(=O)C=C(O)C1=O.CNCCN(C)C1=NS(=O)ON1.CNCCN(C)C1NC(=O)NC1=O.CNCCN(C)C1SC(=O)NC1=O.CNCCN(C)c1c(O)c(=O)c1=O.CNCCN(C)c1cocc(O)c1=O.CNCCN(C)c1nc(=S)o[nH]1.CNCCN(C)c1ncno1. The molecule has 0 saturated carbocycles. The van der Waals surface area contributed by atoms with Crippen LogP contribution in [0.4, 0.5) is 48.5 Å². The van der Waals surface area contributed by atoms with Gasteiger partial charge in [-0.1, -0.05) is 15.5 Å². The molecule has 1 aromatic carbocycles. The highest BCUT2D eigenvalue weighted by Crippen LogP contribution is 2.22. The number of likely N-dealkylation sites (N-methyl/N-ethyl adjacent to an activating group) is 22. The number of hydrogen-bond acceptors (Lipinski definition) is 54. The fourth-order valence-corrected chi connectivity index (χ4v) is 12.1. The van der Waals surface area contributed by atoms with Crippen LogP contribution in [0.5, 0.6) is 11.5 Å². The van der Waals surface area contributed by atoms with Crippen molar-refractivity contribution in [3.8, 4) is 11.5 Å².